The Balaban J connectivity index is 0.000000346. The number of carbonyl (C=O) groups is 1. The molecule has 0 saturated carbocycles. The van der Waals surface area contributed by atoms with Crippen LogP contribution in [0, 0.1) is 4.91 Å². The standard InChI is InChI=1S/C12H14ClNO2.C4H9NO/c1-16-11(15)12(6-7-14-12)8-9-2-4-10(13)5-3-9;1-4(2,3)5-6/h2-5,14H,6-8H2,1H3;1-3H3. The number of benzene rings is 1. The quantitative estimate of drug-likeness (QED) is 0.683. The van der Waals surface area contributed by atoms with Crippen LogP contribution >= 0.6 is 11.6 Å². The highest BCUT2D eigenvalue weighted by Crippen LogP contribution is 2.26. The molecule has 2 rings (SSSR count). The van der Waals surface area contributed by atoms with Crippen molar-refractivity contribution in [2.75, 3.05) is 13.7 Å². The molecule has 0 radical (unpaired) electrons. The van der Waals surface area contributed by atoms with Gasteiger partial charge in [0.05, 0.1) is 12.6 Å². The molecule has 1 fully saturated rings. The number of nitroso groups, excluding NO2 is 1. The molecular formula is C16H23ClN2O3. The molecule has 1 aromatic carbocycles. The molecule has 1 heterocycles. The molecule has 1 aliphatic heterocycles. The van der Waals surface area contributed by atoms with Crippen LogP contribution < -0.4 is 5.32 Å². The lowest BCUT2D eigenvalue weighted by Gasteiger charge is -2.40. The van der Waals surface area contributed by atoms with Crippen LogP contribution in [0.3, 0.4) is 0 Å². The normalized spacial score (nSPS) is 20.2. The van der Waals surface area contributed by atoms with Gasteiger partial charge in [-0.15, -0.1) is 0 Å². The van der Waals surface area contributed by atoms with Gasteiger partial charge in [0.2, 0.25) is 0 Å². The van der Waals surface area contributed by atoms with Crippen molar-refractivity contribution in [2.45, 2.75) is 44.7 Å². The van der Waals surface area contributed by atoms with Gasteiger partial charge in [0.25, 0.3) is 0 Å². The first-order valence-electron chi connectivity index (χ1n) is 7.15. The van der Waals surface area contributed by atoms with Gasteiger partial charge in [-0.05, 0) is 51.4 Å². The average molecular weight is 327 g/mol. The second kappa shape index (κ2) is 7.70. The molecule has 0 aliphatic carbocycles. The van der Waals surface area contributed by atoms with Crippen LogP contribution in [0.25, 0.3) is 0 Å². The third-order valence-electron chi connectivity index (χ3n) is 3.28. The molecule has 1 aromatic rings. The fourth-order valence-electron chi connectivity index (χ4n) is 1.97. The molecule has 1 atom stereocenters. The molecule has 22 heavy (non-hydrogen) atoms. The average Bonchev–Trinajstić information content (AvgIpc) is 2.44. The molecule has 122 valence electrons. The van der Waals surface area contributed by atoms with Crippen LogP contribution in [0.5, 0.6) is 0 Å². The largest absolute Gasteiger partial charge is 0.468 e. The third-order valence-corrected chi connectivity index (χ3v) is 3.54. The Kier molecular flexibility index (Phi) is 6.50. The Morgan fingerprint density at radius 1 is 1.36 bits per heavy atom. The highest BCUT2D eigenvalue weighted by molar-refractivity contribution is 6.30. The maximum Gasteiger partial charge on any atom is 0.326 e. The number of esters is 1. The molecule has 1 saturated heterocycles. The van der Waals surface area contributed by atoms with Gasteiger partial charge in [-0.2, -0.15) is 4.91 Å². The maximum absolute atomic E-state index is 11.7. The summed E-state index contributed by atoms with van der Waals surface area (Å²) in [6, 6.07) is 7.54. The summed E-state index contributed by atoms with van der Waals surface area (Å²) in [7, 11) is 1.42. The van der Waals surface area contributed by atoms with E-state index in [0.717, 1.165) is 18.5 Å². The van der Waals surface area contributed by atoms with Crippen molar-refractivity contribution in [1.82, 2.24) is 5.32 Å². The van der Waals surface area contributed by atoms with Crippen molar-refractivity contribution in [2.24, 2.45) is 5.18 Å². The Hall–Kier alpha value is -1.46. The minimum absolute atomic E-state index is 0.186. The zero-order chi connectivity index (χ0) is 16.8. The second-order valence-electron chi connectivity index (χ2n) is 6.32. The number of hydrogen-bond donors (Lipinski definition) is 1. The SMILES string of the molecule is CC(C)(C)N=O.COC(=O)C1(Cc2ccc(Cl)cc2)CCN1. The monoisotopic (exact) mass is 326 g/mol. The number of halogens is 1. The summed E-state index contributed by atoms with van der Waals surface area (Å²) in [5, 5.41) is 6.64. The number of hydrogen-bond acceptors (Lipinski definition) is 5. The smallest absolute Gasteiger partial charge is 0.326 e. The summed E-state index contributed by atoms with van der Waals surface area (Å²) in [6.07, 6.45) is 1.47. The summed E-state index contributed by atoms with van der Waals surface area (Å²) in [5.41, 5.74) is 0.171. The summed E-state index contributed by atoms with van der Waals surface area (Å²) in [6.45, 7) is 6.16. The van der Waals surface area contributed by atoms with E-state index in [4.69, 9.17) is 16.3 Å². The van der Waals surface area contributed by atoms with Gasteiger partial charge < -0.3 is 10.1 Å². The summed E-state index contributed by atoms with van der Waals surface area (Å²) in [4.78, 5) is 21.3. The fraction of sp³-hybridized carbons (Fsp3) is 0.562. The number of carbonyl (C=O) groups excluding carboxylic acids is 1. The molecule has 0 amide bonds. The van der Waals surface area contributed by atoms with Crippen molar-refractivity contribution < 1.29 is 9.53 Å². The van der Waals surface area contributed by atoms with E-state index in [9.17, 15) is 9.70 Å². The van der Waals surface area contributed by atoms with Crippen LogP contribution in [0.4, 0.5) is 0 Å². The van der Waals surface area contributed by atoms with Gasteiger partial charge in [0, 0.05) is 11.4 Å². The van der Waals surface area contributed by atoms with Crippen molar-refractivity contribution in [3.05, 3.63) is 39.8 Å². The van der Waals surface area contributed by atoms with Crippen LogP contribution in [-0.2, 0) is 16.0 Å². The van der Waals surface area contributed by atoms with Crippen molar-refractivity contribution in [3.63, 3.8) is 0 Å². The highest BCUT2D eigenvalue weighted by atomic mass is 35.5. The van der Waals surface area contributed by atoms with E-state index in [0.29, 0.717) is 11.4 Å². The van der Waals surface area contributed by atoms with E-state index in [1.165, 1.54) is 7.11 Å². The van der Waals surface area contributed by atoms with Crippen molar-refractivity contribution in [1.29, 1.82) is 0 Å². The molecule has 1 aliphatic rings. The van der Waals surface area contributed by atoms with Crippen LogP contribution in [0.2, 0.25) is 5.02 Å². The van der Waals surface area contributed by atoms with E-state index in [2.05, 4.69) is 10.5 Å². The van der Waals surface area contributed by atoms with E-state index in [1.807, 2.05) is 24.3 Å². The van der Waals surface area contributed by atoms with E-state index in [-0.39, 0.29) is 11.5 Å². The Morgan fingerprint density at radius 3 is 2.18 bits per heavy atom. The number of methoxy groups -OCH3 is 1. The number of nitrogens with one attached hydrogen (secondary N) is 1. The summed E-state index contributed by atoms with van der Waals surface area (Å²) < 4.78 is 4.83. The predicted molar refractivity (Wildman–Crippen MR) is 88.1 cm³/mol. The van der Waals surface area contributed by atoms with Crippen LogP contribution in [0.15, 0.2) is 29.4 Å². The fourth-order valence-corrected chi connectivity index (χ4v) is 2.10. The molecule has 1 unspecified atom stereocenters. The third kappa shape index (κ3) is 5.39. The minimum atomic E-state index is -0.525. The molecule has 6 heteroatoms. The lowest BCUT2D eigenvalue weighted by atomic mass is 9.82. The first-order chi connectivity index (χ1) is 10.2. The van der Waals surface area contributed by atoms with Crippen molar-refractivity contribution in [3.8, 4) is 0 Å². The number of ether oxygens (including phenoxy) is 1. The molecule has 5 nitrogen and oxygen atoms in total. The highest BCUT2D eigenvalue weighted by Gasteiger charge is 2.44. The zero-order valence-corrected chi connectivity index (χ0v) is 14.2. The van der Waals surface area contributed by atoms with Gasteiger partial charge in [-0.3, -0.25) is 4.79 Å². The lowest BCUT2D eigenvalue weighted by Crippen LogP contribution is -2.64. The van der Waals surface area contributed by atoms with Crippen LogP contribution in [-0.4, -0.2) is 30.7 Å². The summed E-state index contributed by atoms with van der Waals surface area (Å²) in [5.74, 6) is -0.186. The first-order valence-corrected chi connectivity index (χ1v) is 7.53. The molecule has 0 spiro atoms. The second-order valence-corrected chi connectivity index (χ2v) is 6.75. The number of rotatable bonds is 3. The van der Waals surface area contributed by atoms with E-state index < -0.39 is 5.54 Å². The topological polar surface area (TPSA) is 67.8 Å². The van der Waals surface area contributed by atoms with Crippen molar-refractivity contribution >= 4 is 17.6 Å². The van der Waals surface area contributed by atoms with Gasteiger partial charge >= 0.3 is 5.97 Å². The molecule has 1 N–H and O–H groups in total. The molecular weight excluding hydrogens is 304 g/mol. The zero-order valence-electron chi connectivity index (χ0n) is 13.5. The lowest BCUT2D eigenvalue weighted by molar-refractivity contribution is -0.152. The van der Waals surface area contributed by atoms with Gasteiger partial charge in [0.1, 0.15) is 5.54 Å². The van der Waals surface area contributed by atoms with E-state index in [1.54, 1.807) is 20.8 Å². The molecule has 0 aromatic heterocycles. The van der Waals surface area contributed by atoms with E-state index >= 15 is 0 Å². The Morgan fingerprint density at radius 2 is 1.86 bits per heavy atom. The Bertz CT molecular complexity index is 505. The first kappa shape index (κ1) is 18.6. The maximum atomic E-state index is 11.7. The number of nitrogens with zero attached hydrogens (tertiary/aromatic N) is 1. The van der Waals surface area contributed by atoms with Gasteiger partial charge in [0.15, 0.2) is 0 Å². The minimum Gasteiger partial charge on any atom is -0.468 e. The van der Waals surface area contributed by atoms with Gasteiger partial charge in [-0.25, -0.2) is 0 Å². The predicted octanol–water partition coefficient (Wildman–Crippen LogP) is 3.34. The molecule has 0 bridgehead atoms. The Labute approximate surface area is 136 Å². The van der Waals surface area contributed by atoms with Gasteiger partial charge in [-0.1, -0.05) is 28.9 Å². The van der Waals surface area contributed by atoms with Crippen LogP contribution in [0.1, 0.15) is 32.8 Å². The summed E-state index contributed by atoms with van der Waals surface area (Å²) >= 11 is 5.81.